The number of imidazole rings is 1. The maximum atomic E-state index is 12.0. The van der Waals surface area contributed by atoms with E-state index in [9.17, 15) is 4.79 Å². The van der Waals surface area contributed by atoms with E-state index in [1.165, 1.54) is 6.42 Å². The molecule has 5 nitrogen and oxygen atoms in total. The van der Waals surface area contributed by atoms with Crippen molar-refractivity contribution in [2.24, 2.45) is 5.92 Å². The molecule has 1 fully saturated rings. The van der Waals surface area contributed by atoms with Gasteiger partial charge >= 0.3 is 0 Å². The molecule has 3 N–H and O–H groups in total. The van der Waals surface area contributed by atoms with Crippen molar-refractivity contribution in [3.8, 4) is 11.4 Å². The number of hydrogen-bond acceptors (Lipinski definition) is 3. The standard InChI is InChI=1S/C16H20N4O.2ClH/c21-15(5-4-12-6-7-17-11-12)20-14-3-1-2-13(10-14)16-18-8-9-19-16;;/h1-3,8-10,12,17H,4-7,11H2,(H,18,19)(H,20,21);2*1H. The Morgan fingerprint density at radius 3 is 2.91 bits per heavy atom. The largest absolute Gasteiger partial charge is 0.345 e. The molecule has 1 aromatic heterocycles. The number of amides is 1. The third-order valence-electron chi connectivity index (χ3n) is 3.86. The molecule has 1 saturated heterocycles. The first kappa shape index (κ1) is 19.5. The van der Waals surface area contributed by atoms with Crippen LogP contribution >= 0.6 is 24.8 Å². The maximum Gasteiger partial charge on any atom is 0.224 e. The van der Waals surface area contributed by atoms with Crippen molar-refractivity contribution < 1.29 is 4.79 Å². The highest BCUT2D eigenvalue weighted by molar-refractivity contribution is 5.91. The summed E-state index contributed by atoms with van der Waals surface area (Å²) in [5.74, 6) is 1.53. The van der Waals surface area contributed by atoms with Gasteiger partial charge in [-0.15, -0.1) is 24.8 Å². The average molecular weight is 357 g/mol. The molecule has 3 rings (SSSR count). The SMILES string of the molecule is Cl.Cl.O=C(CCC1CCNC1)Nc1cccc(-c2ncc[nH]2)c1. The molecular formula is C16H22Cl2N4O. The number of benzene rings is 1. The number of rotatable bonds is 5. The van der Waals surface area contributed by atoms with Crippen LogP contribution in [0.5, 0.6) is 0 Å². The molecule has 23 heavy (non-hydrogen) atoms. The summed E-state index contributed by atoms with van der Waals surface area (Å²) in [6.45, 7) is 2.12. The van der Waals surface area contributed by atoms with Crippen LogP contribution in [-0.2, 0) is 4.79 Å². The average Bonchev–Trinajstić information content (AvgIpc) is 3.19. The summed E-state index contributed by atoms with van der Waals surface area (Å²) in [6.07, 6.45) is 6.22. The first-order chi connectivity index (χ1) is 10.3. The van der Waals surface area contributed by atoms with Gasteiger partial charge in [0.15, 0.2) is 0 Å². The van der Waals surface area contributed by atoms with Crippen molar-refractivity contribution in [2.45, 2.75) is 19.3 Å². The molecule has 0 spiro atoms. The Kier molecular flexibility index (Phi) is 8.09. The zero-order valence-corrected chi connectivity index (χ0v) is 14.4. The number of aromatic nitrogens is 2. The minimum atomic E-state index is 0. The van der Waals surface area contributed by atoms with E-state index >= 15 is 0 Å². The monoisotopic (exact) mass is 356 g/mol. The van der Waals surface area contributed by atoms with Crippen LogP contribution in [0.15, 0.2) is 36.7 Å². The molecular weight excluding hydrogens is 335 g/mol. The molecule has 0 aliphatic carbocycles. The number of halogens is 2. The molecule has 0 bridgehead atoms. The topological polar surface area (TPSA) is 69.8 Å². The third-order valence-corrected chi connectivity index (χ3v) is 3.86. The Morgan fingerprint density at radius 1 is 1.35 bits per heavy atom. The number of carbonyl (C=O) groups is 1. The lowest BCUT2D eigenvalue weighted by molar-refractivity contribution is -0.116. The summed E-state index contributed by atoms with van der Waals surface area (Å²) in [5, 5.41) is 6.29. The Bertz CT molecular complexity index is 598. The van der Waals surface area contributed by atoms with Gasteiger partial charge in [0.1, 0.15) is 5.82 Å². The molecule has 2 aromatic rings. The molecule has 7 heteroatoms. The molecule has 1 amide bonds. The first-order valence-electron chi connectivity index (χ1n) is 7.41. The summed E-state index contributed by atoms with van der Waals surface area (Å²) >= 11 is 0. The van der Waals surface area contributed by atoms with Gasteiger partial charge in [-0.2, -0.15) is 0 Å². The van der Waals surface area contributed by atoms with Crippen LogP contribution in [0.1, 0.15) is 19.3 Å². The fourth-order valence-electron chi connectivity index (χ4n) is 2.69. The smallest absolute Gasteiger partial charge is 0.224 e. The molecule has 0 radical (unpaired) electrons. The van der Waals surface area contributed by atoms with E-state index < -0.39 is 0 Å². The van der Waals surface area contributed by atoms with Gasteiger partial charge in [-0.3, -0.25) is 4.79 Å². The lowest BCUT2D eigenvalue weighted by Crippen LogP contribution is -2.15. The van der Waals surface area contributed by atoms with Crippen LogP contribution in [0.4, 0.5) is 5.69 Å². The minimum absolute atomic E-state index is 0. The van der Waals surface area contributed by atoms with E-state index in [1.54, 1.807) is 12.4 Å². The molecule has 2 heterocycles. The van der Waals surface area contributed by atoms with Gasteiger partial charge in [0.25, 0.3) is 0 Å². The zero-order chi connectivity index (χ0) is 14.5. The van der Waals surface area contributed by atoms with E-state index in [4.69, 9.17) is 0 Å². The minimum Gasteiger partial charge on any atom is -0.345 e. The number of hydrogen-bond donors (Lipinski definition) is 3. The van der Waals surface area contributed by atoms with Gasteiger partial charge < -0.3 is 15.6 Å². The van der Waals surface area contributed by atoms with Crippen LogP contribution in [-0.4, -0.2) is 29.0 Å². The van der Waals surface area contributed by atoms with Crippen molar-refractivity contribution in [3.05, 3.63) is 36.7 Å². The Hall–Kier alpha value is -1.56. The molecule has 1 aromatic carbocycles. The maximum absolute atomic E-state index is 12.0. The molecule has 126 valence electrons. The fourth-order valence-corrected chi connectivity index (χ4v) is 2.69. The Labute approximate surface area is 148 Å². The van der Waals surface area contributed by atoms with Crippen LogP contribution in [0.3, 0.4) is 0 Å². The summed E-state index contributed by atoms with van der Waals surface area (Å²) in [6, 6.07) is 7.74. The summed E-state index contributed by atoms with van der Waals surface area (Å²) in [7, 11) is 0. The lowest BCUT2D eigenvalue weighted by atomic mass is 10.0. The second-order valence-corrected chi connectivity index (χ2v) is 5.46. The van der Waals surface area contributed by atoms with Gasteiger partial charge in [-0.1, -0.05) is 12.1 Å². The normalized spacial score (nSPS) is 16.3. The fraction of sp³-hybridized carbons (Fsp3) is 0.375. The van der Waals surface area contributed by atoms with Crippen LogP contribution in [0.2, 0.25) is 0 Å². The lowest BCUT2D eigenvalue weighted by Gasteiger charge is -2.09. The highest BCUT2D eigenvalue weighted by Crippen LogP contribution is 2.20. The van der Waals surface area contributed by atoms with E-state index in [0.717, 1.165) is 36.6 Å². The van der Waals surface area contributed by atoms with Crippen molar-refractivity contribution in [1.29, 1.82) is 0 Å². The van der Waals surface area contributed by atoms with E-state index in [-0.39, 0.29) is 30.7 Å². The van der Waals surface area contributed by atoms with Crippen molar-refractivity contribution in [3.63, 3.8) is 0 Å². The van der Waals surface area contributed by atoms with Gasteiger partial charge in [0.05, 0.1) is 0 Å². The second kappa shape index (κ2) is 9.55. The highest BCUT2D eigenvalue weighted by Gasteiger charge is 2.15. The predicted molar refractivity (Wildman–Crippen MR) is 97.4 cm³/mol. The quantitative estimate of drug-likeness (QED) is 0.769. The van der Waals surface area contributed by atoms with Crippen LogP contribution < -0.4 is 10.6 Å². The number of aromatic amines is 1. The van der Waals surface area contributed by atoms with Gasteiger partial charge in [0, 0.05) is 30.1 Å². The number of anilines is 1. The molecule has 1 unspecified atom stereocenters. The van der Waals surface area contributed by atoms with E-state index in [1.807, 2.05) is 24.3 Å². The summed E-state index contributed by atoms with van der Waals surface area (Å²) in [4.78, 5) is 19.3. The summed E-state index contributed by atoms with van der Waals surface area (Å²) < 4.78 is 0. The van der Waals surface area contributed by atoms with Gasteiger partial charge in [-0.25, -0.2) is 4.98 Å². The number of H-pyrrole nitrogens is 1. The summed E-state index contributed by atoms with van der Waals surface area (Å²) in [5.41, 5.74) is 1.79. The van der Waals surface area contributed by atoms with Crippen LogP contribution in [0.25, 0.3) is 11.4 Å². The van der Waals surface area contributed by atoms with Gasteiger partial charge in [0.2, 0.25) is 5.91 Å². The first-order valence-corrected chi connectivity index (χ1v) is 7.41. The number of nitrogens with zero attached hydrogens (tertiary/aromatic N) is 1. The molecule has 1 aliphatic heterocycles. The molecule has 0 saturated carbocycles. The Balaban J connectivity index is 0.00000132. The zero-order valence-electron chi connectivity index (χ0n) is 12.7. The third kappa shape index (κ3) is 5.53. The van der Waals surface area contributed by atoms with Crippen molar-refractivity contribution >= 4 is 36.4 Å². The van der Waals surface area contributed by atoms with Crippen LogP contribution in [0, 0.1) is 5.92 Å². The molecule has 1 aliphatic rings. The van der Waals surface area contributed by atoms with Crippen molar-refractivity contribution in [2.75, 3.05) is 18.4 Å². The van der Waals surface area contributed by atoms with Gasteiger partial charge in [-0.05, 0) is 44.0 Å². The number of carbonyl (C=O) groups excluding carboxylic acids is 1. The molecule has 1 atom stereocenters. The Morgan fingerprint density at radius 2 is 2.22 bits per heavy atom. The van der Waals surface area contributed by atoms with E-state index in [2.05, 4.69) is 20.6 Å². The van der Waals surface area contributed by atoms with E-state index in [0.29, 0.717) is 12.3 Å². The second-order valence-electron chi connectivity index (χ2n) is 5.46. The van der Waals surface area contributed by atoms with Crippen molar-refractivity contribution in [1.82, 2.24) is 15.3 Å². The number of nitrogens with one attached hydrogen (secondary N) is 3. The highest BCUT2D eigenvalue weighted by atomic mass is 35.5. The predicted octanol–water partition coefficient (Wildman–Crippen LogP) is 3.25.